The number of aromatic nitrogens is 2. The highest BCUT2D eigenvalue weighted by Gasteiger charge is 2.53. The lowest BCUT2D eigenvalue weighted by atomic mass is 10.0. The molecule has 2 amide bonds. The molecule has 1 saturated heterocycles. The number of nitrogen functional groups attached to an aromatic ring is 2. The minimum atomic E-state index is -1.93. The summed E-state index contributed by atoms with van der Waals surface area (Å²) in [5.74, 6) is -2.67. The highest BCUT2D eigenvalue weighted by Crippen LogP contribution is 2.40. The number of nitrogens with two attached hydrogens (primary N) is 2. The molecule has 5 rings (SSSR count). The lowest BCUT2D eigenvalue weighted by Crippen LogP contribution is -2.71. The zero-order valence-corrected chi connectivity index (χ0v) is 24.2. The van der Waals surface area contributed by atoms with Gasteiger partial charge in [-0.3, -0.25) is 14.5 Å². The van der Waals surface area contributed by atoms with Crippen molar-refractivity contribution in [2.45, 2.75) is 22.5 Å². The van der Waals surface area contributed by atoms with E-state index in [4.69, 9.17) is 39.5 Å². The van der Waals surface area contributed by atoms with Gasteiger partial charge in [-0.25, -0.2) is 4.98 Å². The van der Waals surface area contributed by atoms with Gasteiger partial charge in [0.1, 0.15) is 17.1 Å². The molecule has 2 aliphatic rings. The maximum Gasteiger partial charge on any atom is 0.303 e. The van der Waals surface area contributed by atoms with Crippen LogP contribution in [0.1, 0.15) is 5.69 Å². The van der Waals surface area contributed by atoms with Crippen LogP contribution in [0.3, 0.4) is 0 Å². The Hall–Kier alpha value is -3.37. The molecule has 1 unspecified atom stereocenters. The number of amides is 2. The Morgan fingerprint density at radius 3 is 2.83 bits per heavy atom. The number of carbonyl (C=O) groups excluding carboxylic acids is 3. The Morgan fingerprint density at radius 1 is 1.38 bits per heavy atom. The topological polar surface area (TPSA) is 180 Å². The van der Waals surface area contributed by atoms with E-state index < -0.39 is 33.7 Å². The molecule has 0 saturated carbocycles. The van der Waals surface area contributed by atoms with E-state index in [1.807, 2.05) is 28.3 Å². The van der Waals surface area contributed by atoms with Crippen LogP contribution >= 0.6 is 57.6 Å². The number of hydrogen-bond donors (Lipinski definition) is 3. The van der Waals surface area contributed by atoms with E-state index in [1.54, 1.807) is 0 Å². The number of nitrogens with one attached hydrogen (secondary N) is 1. The van der Waals surface area contributed by atoms with Gasteiger partial charge in [0.2, 0.25) is 0 Å². The molecule has 2 atom stereocenters. The van der Waals surface area contributed by atoms with Crippen LogP contribution in [0.25, 0.3) is 10.2 Å². The number of thioether (sulfide) groups is 1. The number of halogens is 2. The van der Waals surface area contributed by atoms with E-state index in [9.17, 15) is 19.5 Å². The number of rotatable bonds is 9. The highest BCUT2D eigenvalue weighted by atomic mass is 35.5. The summed E-state index contributed by atoms with van der Waals surface area (Å²) in [7, 11) is 0. The first kappa shape index (κ1) is 28.2. The summed E-state index contributed by atoms with van der Waals surface area (Å²) in [6.45, 7) is 3.63. The number of oxime groups is 1. The monoisotopic (exact) mass is 639 g/mol. The number of thiophene rings is 1. The fourth-order valence-corrected chi connectivity index (χ4v) is 7.04. The van der Waals surface area contributed by atoms with Gasteiger partial charge in [-0.1, -0.05) is 46.3 Å². The number of fused-ring (bicyclic) bond motifs is 2. The molecule has 3 aromatic rings. The molecule has 17 heteroatoms. The van der Waals surface area contributed by atoms with Gasteiger partial charge in [0.05, 0.1) is 22.7 Å². The summed E-state index contributed by atoms with van der Waals surface area (Å²) in [4.78, 5) is 49.6. The number of aliphatic carboxylic acids is 1. The van der Waals surface area contributed by atoms with Crippen molar-refractivity contribution in [3.8, 4) is 0 Å². The number of carboxylic acids is 1. The average Bonchev–Trinajstić information content (AvgIpc) is 3.52. The van der Waals surface area contributed by atoms with E-state index in [2.05, 4.69) is 22.0 Å². The summed E-state index contributed by atoms with van der Waals surface area (Å²) < 4.78 is -0.0600. The molecule has 208 valence electrons. The van der Waals surface area contributed by atoms with Crippen molar-refractivity contribution in [1.82, 2.24) is 15.2 Å². The number of hydrogen-bond acceptors (Lipinski definition) is 12. The Labute approximate surface area is 248 Å². The largest absolute Gasteiger partial charge is 0.543 e. The summed E-state index contributed by atoms with van der Waals surface area (Å²) in [6.07, 6.45) is 2.86. The van der Waals surface area contributed by atoms with Gasteiger partial charge in [-0.05, 0) is 12.1 Å². The second-order valence-corrected chi connectivity index (χ2v) is 12.7. The molecule has 40 heavy (non-hydrogen) atoms. The minimum absolute atomic E-state index is 0.0612. The number of carbonyl (C=O) groups is 3. The van der Waals surface area contributed by atoms with Crippen molar-refractivity contribution in [2.75, 3.05) is 17.2 Å². The van der Waals surface area contributed by atoms with Crippen molar-refractivity contribution >= 4 is 102 Å². The van der Waals surface area contributed by atoms with Crippen molar-refractivity contribution in [1.29, 1.82) is 0 Å². The van der Waals surface area contributed by atoms with Crippen molar-refractivity contribution in [3.63, 3.8) is 0 Å². The third kappa shape index (κ3) is 5.22. The predicted molar refractivity (Wildman–Crippen MR) is 152 cm³/mol. The lowest BCUT2D eigenvalue weighted by molar-refractivity contribution is -0.661. The molecule has 0 radical (unpaired) electrons. The van der Waals surface area contributed by atoms with E-state index in [0.29, 0.717) is 11.3 Å². The van der Waals surface area contributed by atoms with Crippen LogP contribution in [0.15, 0.2) is 58.2 Å². The number of β-lactam (4-membered cyclic amide) rings is 1. The van der Waals surface area contributed by atoms with Crippen molar-refractivity contribution in [2.24, 2.45) is 5.16 Å². The van der Waals surface area contributed by atoms with Gasteiger partial charge in [-0.15, -0.1) is 23.1 Å². The van der Waals surface area contributed by atoms with Crippen LogP contribution in [0.5, 0.6) is 0 Å². The maximum atomic E-state index is 13.2. The predicted octanol–water partition coefficient (Wildman–Crippen LogP) is 0.952. The van der Waals surface area contributed by atoms with Crippen LogP contribution in [0.2, 0.25) is 0 Å². The van der Waals surface area contributed by atoms with Crippen molar-refractivity contribution < 1.29 is 28.9 Å². The quantitative estimate of drug-likeness (QED) is 0.0767. The number of thiazole rings is 1. The Morgan fingerprint density at radius 2 is 2.15 bits per heavy atom. The van der Waals surface area contributed by atoms with Crippen LogP contribution < -0.4 is 26.5 Å². The van der Waals surface area contributed by atoms with Crippen LogP contribution in [-0.4, -0.2) is 55.1 Å². The average molecular weight is 641 g/mol. The number of alkyl halides is 2. The smallest absolute Gasteiger partial charge is 0.303 e. The number of carboxylic acid groups (broad SMARTS) is 1. The SMILES string of the molecule is C=CC(Cl)(Cl)O/N=C(\C(=O)NC1C(=O)N2C(C(=O)[O-])=C(C[n+]3cccc4c(N)csc43)CS[C@H]12)c1csc(N)n1. The molecule has 0 aliphatic carbocycles. The maximum absolute atomic E-state index is 13.2. The van der Waals surface area contributed by atoms with Crippen LogP contribution in [-0.2, 0) is 25.8 Å². The Balaban J connectivity index is 1.38. The van der Waals surface area contributed by atoms with E-state index >= 15 is 0 Å². The van der Waals surface area contributed by atoms with Gasteiger partial charge < -0.3 is 31.5 Å². The zero-order chi connectivity index (χ0) is 28.8. The molecule has 0 bridgehead atoms. The first-order chi connectivity index (χ1) is 19.0. The lowest BCUT2D eigenvalue weighted by Gasteiger charge is -2.50. The van der Waals surface area contributed by atoms with Gasteiger partial charge in [-0.2, -0.15) is 4.57 Å². The second-order valence-electron chi connectivity index (χ2n) is 8.51. The second kappa shape index (κ2) is 10.9. The number of nitrogens with zero attached hydrogens (tertiary/aromatic N) is 4. The fraction of sp³-hybridized carbons (Fsp3) is 0.217. The first-order valence-electron chi connectivity index (χ1n) is 11.3. The third-order valence-electron chi connectivity index (χ3n) is 5.99. The molecule has 0 aromatic carbocycles. The van der Waals surface area contributed by atoms with Crippen LogP contribution in [0.4, 0.5) is 10.8 Å². The molecule has 1 fully saturated rings. The number of anilines is 2. The number of pyridine rings is 1. The Kier molecular flexibility index (Phi) is 7.67. The highest BCUT2D eigenvalue weighted by molar-refractivity contribution is 8.00. The van der Waals surface area contributed by atoms with E-state index in [0.717, 1.165) is 32.5 Å². The third-order valence-corrected chi connectivity index (χ3v) is 9.50. The normalized spacial score (nSPS) is 19.3. The molecule has 5 heterocycles. The molecular formula is C23H19Cl2N7O5S3. The van der Waals surface area contributed by atoms with Gasteiger partial charge >= 0.3 is 4.52 Å². The Bertz CT molecular complexity index is 1620. The molecule has 3 aromatic heterocycles. The fourth-order valence-electron chi connectivity index (χ4n) is 4.15. The molecule has 12 nitrogen and oxygen atoms in total. The van der Waals surface area contributed by atoms with Gasteiger partial charge in [0.25, 0.3) is 16.6 Å². The van der Waals surface area contributed by atoms with Gasteiger partial charge in [0, 0.05) is 28.2 Å². The summed E-state index contributed by atoms with van der Waals surface area (Å²) >= 11 is 15.5. The summed E-state index contributed by atoms with van der Waals surface area (Å²) in [5.41, 5.74) is 12.3. The van der Waals surface area contributed by atoms with Crippen molar-refractivity contribution in [3.05, 3.63) is 58.7 Å². The summed E-state index contributed by atoms with van der Waals surface area (Å²) in [6, 6.07) is 2.64. The van der Waals surface area contributed by atoms with Crippen LogP contribution in [0, 0.1) is 0 Å². The minimum Gasteiger partial charge on any atom is -0.543 e. The van der Waals surface area contributed by atoms with Gasteiger partial charge in [0.15, 0.2) is 23.6 Å². The molecule has 2 aliphatic heterocycles. The molecule has 5 N–H and O–H groups in total. The summed E-state index contributed by atoms with van der Waals surface area (Å²) in [5, 5.41) is 22.1. The molecule has 0 spiro atoms. The van der Waals surface area contributed by atoms with E-state index in [1.165, 1.54) is 28.5 Å². The van der Waals surface area contributed by atoms with E-state index in [-0.39, 0.29) is 34.5 Å². The molecular weight excluding hydrogens is 621 g/mol. The zero-order valence-electron chi connectivity index (χ0n) is 20.2. The first-order valence-corrected chi connectivity index (χ1v) is 14.9. The standard InChI is InChI=1S/C23H19Cl2N7O5S3/c1-2-23(24,25)37-30-14(13-9-40-22(27)28-13)17(33)29-15-18(34)32-16(21(35)36)10(7-38-20(15)32)6-31-5-3-4-11-12(26)8-39-19(11)31/h2-5,8-9,15,20H,1,6-7,26H2,(H3-,27,28,29,33,35,36)/b30-14-/t15?,20-/m1/s1.